The van der Waals surface area contributed by atoms with Gasteiger partial charge in [-0.15, -0.1) is 13.2 Å². The van der Waals surface area contributed by atoms with Gasteiger partial charge in [-0.1, -0.05) is 37.6 Å². The maximum atomic E-state index is 12.3. The first kappa shape index (κ1) is 22.6. The minimum atomic E-state index is -0.684. The third-order valence-corrected chi connectivity index (χ3v) is 3.69. The quantitative estimate of drug-likeness (QED) is 0.422. The van der Waals surface area contributed by atoms with Gasteiger partial charge in [0.2, 0.25) is 0 Å². The van der Waals surface area contributed by atoms with E-state index >= 15 is 0 Å². The van der Waals surface area contributed by atoms with Crippen molar-refractivity contribution in [1.29, 1.82) is 0 Å². The summed E-state index contributed by atoms with van der Waals surface area (Å²) in [7, 11) is 1.45. The van der Waals surface area contributed by atoms with E-state index in [1.807, 2.05) is 13.8 Å². The van der Waals surface area contributed by atoms with Crippen LogP contribution in [0.4, 0.5) is 0 Å². The van der Waals surface area contributed by atoms with Gasteiger partial charge < -0.3 is 19.1 Å². The van der Waals surface area contributed by atoms with Crippen LogP contribution >= 0.6 is 11.6 Å². The van der Waals surface area contributed by atoms with Crippen molar-refractivity contribution in [3.8, 4) is 11.5 Å². The molecule has 1 aromatic carbocycles. The molecule has 0 atom stereocenters. The van der Waals surface area contributed by atoms with E-state index < -0.39 is 12.6 Å². The van der Waals surface area contributed by atoms with Crippen LogP contribution in [0.1, 0.15) is 24.2 Å². The number of benzene rings is 1. The predicted octanol–water partition coefficient (Wildman–Crippen LogP) is 3.74. The second-order valence-corrected chi connectivity index (χ2v) is 6.55. The van der Waals surface area contributed by atoms with Gasteiger partial charge in [-0.3, -0.25) is 4.79 Å². The number of nitrogens with zero attached hydrogens (tertiary/aromatic N) is 1. The van der Waals surface area contributed by atoms with Gasteiger partial charge in [-0.25, -0.2) is 4.79 Å². The van der Waals surface area contributed by atoms with Crippen LogP contribution in [0.3, 0.4) is 0 Å². The average molecular weight is 396 g/mol. The molecule has 0 saturated carbocycles. The highest BCUT2D eigenvalue weighted by molar-refractivity contribution is 6.32. The fourth-order valence-electron chi connectivity index (χ4n) is 2.12. The maximum absolute atomic E-state index is 12.3. The number of halogens is 1. The van der Waals surface area contributed by atoms with Crippen molar-refractivity contribution in [2.24, 2.45) is 5.92 Å². The normalized spacial score (nSPS) is 10.3. The Labute approximate surface area is 165 Å². The number of carbonyl (C=O) groups excluding carboxylic acids is 2. The molecule has 0 aliphatic heterocycles. The van der Waals surface area contributed by atoms with E-state index in [1.54, 1.807) is 12.2 Å². The number of rotatable bonds is 11. The minimum absolute atomic E-state index is 0.167. The summed E-state index contributed by atoms with van der Waals surface area (Å²) in [4.78, 5) is 25.9. The van der Waals surface area contributed by atoms with Crippen molar-refractivity contribution >= 4 is 23.5 Å². The van der Waals surface area contributed by atoms with Crippen LogP contribution in [0.2, 0.25) is 5.02 Å². The Hall–Kier alpha value is -2.47. The molecule has 0 aliphatic rings. The zero-order valence-electron chi connectivity index (χ0n) is 16.0. The zero-order valence-corrected chi connectivity index (χ0v) is 16.8. The lowest BCUT2D eigenvalue weighted by molar-refractivity contribution is -0.133. The standard InChI is InChI=1S/C20H26ClNO5/c1-6-8-22(9-7-2)18(23)13-27-20(24)15-10-16(21)19(17(11-15)25-5)26-12-14(3)4/h6-7,10-11,14H,1-2,8-9,12-13H2,3-5H3. The first-order chi connectivity index (χ1) is 12.8. The van der Waals surface area contributed by atoms with Gasteiger partial charge >= 0.3 is 5.97 Å². The van der Waals surface area contributed by atoms with Crippen LogP contribution in [0.15, 0.2) is 37.4 Å². The highest BCUT2D eigenvalue weighted by Crippen LogP contribution is 2.36. The Morgan fingerprint density at radius 1 is 1.22 bits per heavy atom. The topological polar surface area (TPSA) is 65.1 Å². The molecule has 0 unspecified atom stereocenters. The Morgan fingerprint density at radius 3 is 2.37 bits per heavy atom. The molecule has 0 saturated heterocycles. The predicted molar refractivity (Wildman–Crippen MR) is 106 cm³/mol. The maximum Gasteiger partial charge on any atom is 0.338 e. The van der Waals surface area contributed by atoms with Gasteiger partial charge in [0.15, 0.2) is 18.1 Å². The Bertz CT molecular complexity index is 677. The highest BCUT2D eigenvalue weighted by atomic mass is 35.5. The van der Waals surface area contributed by atoms with Crippen LogP contribution in [-0.2, 0) is 9.53 Å². The Kier molecular flexibility index (Phi) is 9.44. The zero-order chi connectivity index (χ0) is 20.4. The van der Waals surface area contributed by atoms with Crippen LogP contribution < -0.4 is 9.47 Å². The number of esters is 1. The van der Waals surface area contributed by atoms with E-state index in [0.717, 1.165) is 0 Å². The molecule has 0 N–H and O–H groups in total. The molecule has 1 rings (SSSR count). The number of carbonyl (C=O) groups is 2. The number of amides is 1. The molecule has 27 heavy (non-hydrogen) atoms. The van der Waals surface area contributed by atoms with Crippen molar-refractivity contribution in [3.05, 3.63) is 48.0 Å². The average Bonchev–Trinajstić information content (AvgIpc) is 2.63. The number of ether oxygens (including phenoxy) is 3. The summed E-state index contributed by atoms with van der Waals surface area (Å²) in [5.74, 6) is -0.0466. The molecule has 1 aromatic rings. The van der Waals surface area contributed by atoms with E-state index in [1.165, 1.54) is 24.1 Å². The molecular formula is C20H26ClNO5. The van der Waals surface area contributed by atoms with E-state index in [2.05, 4.69) is 13.2 Å². The molecule has 0 heterocycles. The van der Waals surface area contributed by atoms with Crippen molar-refractivity contribution < 1.29 is 23.8 Å². The fourth-order valence-corrected chi connectivity index (χ4v) is 2.38. The van der Waals surface area contributed by atoms with Gasteiger partial charge in [-0.2, -0.15) is 0 Å². The molecule has 0 fully saturated rings. The molecule has 148 valence electrons. The van der Waals surface area contributed by atoms with E-state index in [0.29, 0.717) is 37.1 Å². The van der Waals surface area contributed by atoms with Crippen molar-refractivity contribution in [1.82, 2.24) is 4.90 Å². The molecule has 0 aliphatic carbocycles. The molecule has 0 spiro atoms. The van der Waals surface area contributed by atoms with Crippen molar-refractivity contribution in [2.45, 2.75) is 13.8 Å². The van der Waals surface area contributed by atoms with Gasteiger partial charge in [0.1, 0.15) is 0 Å². The van der Waals surface area contributed by atoms with Gasteiger partial charge in [0.25, 0.3) is 5.91 Å². The van der Waals surface area contributed by atoms with Gasteiger partial charge in [0, 0.05) is 13.1 Å². The highest BCUT2D eigenvalue weighted by Gasteiger charge is 2.19. The third kappa shape index (κ3) is 6.98. The van der Waals surface area contributed by atoms with Gasteiger partial charge in [-0.05, 0) is 18.1 Å². The molecule has 0 radical (unpaired) electrons. The van der Waals surface area contributed by atoms with Crippen LogP contribution in [0, 0.1) is 5.92 Å². The van der Waals surface area contributed by atoms with Crippen LogP contribution in [0.25, 0.3) is 0 Å². The van der Waals surface area contributed by atoms with Crippen molar-refractivity contribution in [2.75, 3.05) is 33.4 Å². The molecule has 0 bridgehead atoms. The molecular weight excluding hydrogens is 370 g/mol. The summed E-state index contributed by atoms with van der Waals surface area (Å²) in [5, 5.41) is 0.230. The summed E-state index contributed by atoms with van der Waals surface area (Å²) in [6.07, 6.45) is 3.17. The fraction of sp³-hybridized carbons (Fsp3) is 0.400. The van der Waals surface area contributed by atoms with E-state index in [9.17, 15) is 9.59 Å². The van der Waals surface area contributed by atoms with Crippen molar-refractivity contribution in [3.63, 3.8) is 0 Å². The van der Waals surface area contributed by atoms with E-state index in [4.69, 9.17) is 25.8 Å². The lowest BCUT2D eigenvalue weighted by atomic mass is 10.2. The SMILES string of the molecule is C=CCN(CC=C)C(=O)COC(=O)c1cc(Cl)c(OCC(C)C)c(OC)c1. The lowest BCUT2D eigenvalue weighted by Gasteiger charge is -2.19. The summed E-state index contributed by atoms with van der Waals surface area (Å²) >= 11 is 6.23. The summed E-state index contributed by atoms with van der Waals surface area (Å²) < 4.78 is 16.0. The Morgan fingerprint density at radius 2 is 1.85 bits per heavy atom. The van der Waals surface area contributed by atoms with Crippen LogP contribution in [0.5, 0.6) is 11.5 Å². The third-order valence-electron chi connectivity index (χ3n) is 3.40. The van der Waals surface area contributed by atoms with Gasteiger partial charge in [0.05, 0.1) is 24.3 Å². The minimum Gasteiger partial charge on any atom is -0.493 e. The smallest absolute Gasteiger partial charge is 0.338 e. The summed E-state index contributed by atoms with van der Waals surface area (Å²) in [5.41, 5.74) is 0.167. The van der Waals surface area contributed by atoms with Crippen LogP contribution in [-0.4, -0.2) is 50.2 Å². The molecule has 7 heteroatoms. The molecule has 1 amide bonds. The molecule has 0 aromatic heterocycles. The monoisotopic (exact) mass is 395 g/mol. The first-order valence-corrected chi connectivity index (χ1v) is 8.88. The number of hydrogen-bond acceptors (Lipinski definition) is 5. The summed E-state index contributed by atoms with van der Waals surface area (Å²) in [6.45, 7) is 11.9. The summed E-state index contributed by atoms with van der Waals surface area (Å²) in [6, 6.07) is 2.90. The first-order valence-electron chi connectivity index (χ1n) is 8.51. The second-order valence-electron chi connectivity index (χ2n) is 6.15. The van der Waals surface area contributed by atoms with E-state index in [-0.39, 0.29) is 16.5 Å². The lowest BCUT2D eigenvalue weighted by Crippen LogP contribution is -2.35. The molecule has 6 nitrogen and oxygen atoms in total. The number of hydrogen-bond donors (Lipinski definition) is 0. The Balaban J connectivity index is 2.85. The number of methoxy groups -OCH3 is 1. The second kappa shape index (κ2) is 11.3. The largest absolute Gasteiger partial charge is 0.493 e.